The third kappa shape index (κ3) is 3.83. The van der Waals surface area contributed by atoms with Gasteiger partial charge in [-0.15, -0.1) is 0 Å². The van der Waals surface area contributed by atoms with Gasteiger partial charge in [-0.2, -0.15) is 0 Å². The van der Waals surface area contributed by atoms with E-state index in [4.69, 9.17) is 4.98 Å². The van der Waals surface area contributed by atoms with Crippen molar-refractivity contribution in [3.63, 3.8) is 0 Å². The van der Waals surface area contributed by atoms with E-state index in [1.54, 1.807) is 6.07 Å². The van der Waals surface area contributed by atoms with E-state index in [0.29, 0.717) is 28.7 Å². The molecule has 2 heterocycles. The summed E-state index contributed by atoms with van der Waals surface area (Å²) in [5.74, 6) is 0.358. The van der Waals surface area contributed by atoms with Crippen molar-refractivity contribution >= 4 is 27.8 Å². The lowest BCUT2D eigenvalue weighted by atomic mass is 10.0. The lowest BCUT2D eigenvalue weighted by molar-refractivity contribution is 0.0936. The molecule has 6 heteroatoms. The largest absolute Gasteiger partial charge is 0.342 e. The Balaban J connectivity index is 1.54. The number of nitrogens with zero attached hydrogens (tertiary/aromatic N) is 1. The highest BCUT2D eigenvalue weighted by atomic mass is 16.2. The molecule has 0 spiro atoms. The summed E-state index contributed by atoms with van der Waals surface area (Å²) in [6, 6.07) is 25.9. The topological polar surface area (TPSA) is 90.6 Å². The molecule has 0 aliphatic heterocycles. The first-order valence-corrected chi connectivity index (χ1v) is 10.1. The number of hydrogen-bond acceptors (Lipinski definition) is 3. The van der Waals surface area contributed by atoms with Gasteiger partial charge in [-0.25, -0.2) is 4.98 Å². The number of pyridine rings is 1. The van der Waals surface area contributed by atoms with Gasteiger partial charge in [0.2, 0.25) is 5.56 Å². The summed E-state index contributed by atoms with van der Waals surface area (Å²) in [6.07, 6.45) is 0.563. The van der Waals surface area contributed by atoms with Crippen LogP contribution in [0.3, 0.4) is 0 Å². The Hall–Kier alpha value is -4.19. The van der Waals surface area contributed by atoms with Crippen molar-refractivity contribution < 1.29 is 4.79 Å². The maximum absolute atomic E-state index is 13.3. The molecule has 3 aromatic carbocycles. The molecule has 31 heavy (non-hydrogen) atoms. The number of fused-ring (bicyclic) bond motifs is 2. The van der Waals surface area contributed by atoms with Gasteiger partial charge in [0.05, 0.1) is 22.6 Å². The first-order valence-electron chi connectivity index (χ1n) is 10.1. The fraction of sp³-hybridized carbons (Fsp3) is 0.0800. The van der Waals surface area contributed by atoms with Crippen LogP contribution in [0, 0.1) is 0 Å². The van der Waals surface area contributed by atoms with Gasteiger partial charge in [0.15, 0.2) is 0 Å². The van der Waals surface area contributed by atoms with E-state index < -0.39 is 0 Å². The Labute approximate surface area is 178 Å². The molecule has 5 rings (SSSR count). The van der Waals surface area contributed by atoms with Crippen LogP contribution in [-0.4, -0.2) is 20.9 Å². The first-order chi connectivity index (χ1) is 15.2. The monoisotopic (exact) mass is 408 g/mol. The number of rotatable bonds is 5. The molecule has 5 aromatic rings. The Morgan fingerprint density at radius 3 is 2.39 bits per heavy atom. The third-order valence-corrected chi connectivity index (χ3v) is 5.32. The number of imidazole rings is 1. The number of amides is 1. The summed E-state index contributed by atoms with van der Waals surface area (Å²) in [5, 5.41) is 3.79. The maximum atomic E-state index is 13.3. The number of carbonyl (C=O) groups excluding carboxylic acids is 1. The van der Waals surface area contributed by atoms with Crippen LogP contribution < -0.4 is 10.9 Å². The molecule has 2 aromatic heterocycles. The summed E-state index contributed by atoms with van der Waals surface area (Å²) >= 11 is 0. The lowest BCUT2D eigenvalue weighted by Gasteiger charge is -2.18. The quantitative estimate of drug-likeness (QED) is 0.409. The van der Waals surface area contributed by atoms with Crippen molar-refractivity contribution in [2.24, 2.45) is 0 Å². The summed E-state index contributed by atoms with van der Waals surface area (Å²) in [7, 11) is 0. The van der Waals surface area contributed by atoms with E-state index in [2.05, 4.69) is 15.3 Å². The summed E-state index contributed by atoms with van der Waals surface area (Å²) in [6.45, 7) is 0. The SMILES string of the molecule is O=C(N[C@@H](Cc1ccccc1)c1nc2ccccc2[nH]1)c1cc(=O)[nH]c2ccccc12. The number of benzene rings is 3. The smallest absolute Gasteiger partial charge is 0.252 e. The van der Waals surface area contributed by atoms with Gasteiger partial charge in [0.1, 0.15) is 5.82 Å². The van der Waals surface area contributed by atoms with Crippen molar-refractivity contribution in [2.45, 2.75) is 12.5 Å². The molecule has 0 aliphatic carbocycles. The molecule has 0 saturated carbocycles. The van der Waals surface area contributed by atoms with Crippen LogP contribution in [-0.2, 0) is 6.42 Å². The molecule has 0 bridgehead atoms. The predicted octanol–water partition coefficient (Wildman–Crippen LogP) is 4.12. The van der Waals surface area contributed by atoms with E-state index in [-0.39, 0.29) is 17.5 Å². The summed E-state index contributed by atoms with van der Waals surface area (Å²) < 4.78 is 0. The zero-order valence-electron chi connectivity index (χ0n) is 16.6. The minimum absolute atomic E-state index is 0.313. The van der Waals surface area contributed by atoms with Crippen molar-refractivity contribution in [3.8, 4) is 0 Å². The van der Waals surface area contributed by atoms with E-state index in [9.17, 15) is 9.59 Å². The fourth-order valence-electron chi connectivity index (χ4n) is 3.83. The second-order valence-electron chi connectivity index (χ2n) is 7.45. The second kappa shape index (κ2) is 7.91. The molecule has 152 valence electrons. The molecule has 1 atom stereocenters. The molecule has 0 fully saturated rings. The van der Waals surface area contributed by atoms with E-state index in [1.807, 2.05) is 72.8 Å². The second-order valence-corrected chi connectivity index (χ2v) is 7.45. The van der Waals surface area contributed by atoms with Crippen LogP contribution in [0.15, 0.2) is 89.7 Å². The average Bonchev–Trinajstić information content (AvgIpc) is 3.23. The number of nitrogens with one attached hydrogen (secondary N) is 3. The molecule has 3 N–H and O–H groups in total. The third-order valence-electron chi connectivity index (χ3n) is 5.32. The van der Waals surface area contributed by atoms with Gasteiger partial charge in [-0.1, -0.05) is 60.7 Å². The molecule has 0 saturated heterocycles. The Morgan fingerprint density at radius 2 is 1.58 bits per heavy atom. The van der Waals surface area contributed by atoms with Crippen molar-refractivity contribution in [1.82, 2.24) is 20.3 Å². The standard InChI is InChI=1S/C25H20N4O2/c30-23-15-18(17-10-4-5-11-19(17)26-23)25(31)29-22(14-16-8-2-1-3-9-16)24-27-20-12-6-7-13-21(20)28-24/h1-13,15,22H,14H2,(H,26,30)(H,27,28)(H,29,31)/t22-/m0/s1. The van der Waals surface area contributed by atoms with Crippen LogP contribution in [0.1, 0.15) is 27.8 Å². The number of aromatic amines is 2. The van der Waals surface area contributed by atoms with Crippen LogP contribution in [0.25, 0.3) is 21.9 Å². The van der Waals surface area contributed by atoms with Gasteiger partial charge in [-0.05, 0) is 30.2 Å². The maximum Gasteiger partial charge on any atom is 0.252 e. The Kier molecular flexibility index (Phi) is 4.80. The summed E-state index contributed by atoms with van der Waals surface area (Å²) in [5.41, 5.74) is 3.48. The Bertz CT molecular complexity index is 1400. The van der Waals surface area contributed by atoms with Gasteiger partial charge in [-0.3, -0.25) is 9.59 Å². The normalized spacial score (nSPS) is 12.1. The molecular weight excluding hydrogens is 388 g/mol. The minimum Gasteiger partial charge on any atom is -0.342 e. The number of para-hydroxylation sites is 3. The number of carbonyl (C=O) groups is 1. The zero-order valence-corrected chi connectivity index (χ0v) is 16.6. The molecule has 0 radical (unpaired) electrons. The van der Waals surface area contributed by atoms with Gasteiger partial charge in [0, 0.05) is 17.0 Å². The molecular formula is C25H20N4O2. The lowest BCUT2D eigenvalue weighted by Crippen LogP contribution is -2.31. The molecule has 6 nitrogen and oxygen atoms in total. The van der Waals surface area contributed by atoms with Gasteiger partial charge >= 0.3 is 0 Å². The van der Waals surface area contributed by atoms with Gasteiger partial charge < -0.3 is 15.3 Å². The van der Waals surface area contributed by atoms with Crippen LogP contribution in [0.4, 0.5) is 0 Å². The van der Waals surface area contributed by atoms with E-state index in [1.165, 1.54) is 6.07 Å². The molecule has 0 aliphatic rings. The predicted molar refractivity (Wildman–Crippen MR) is 121 cm³/mol. The Morgan fingerprint density at radius 1 is 0.871 bits per heavy atom. The van der Waals surface area contributed by atoms with Crippen molar-refractivity contribution in [1.29, 1.82) is 0 Å². The fourth-order valence-corrected chi connectivity index (χ4v) is 3.83. The summed E-state index contributed by atoms with van der Waals surface area (Å²) in [4.78, 5) is 36.2. The highest BCUT2D eigenvalue weighted by Gasteiger charge is 2.21. The number of aromatic nitrogens is 3. The molecule has 1 amide bonds. The minimum atomic E-state index is -0.389. The highest BCUT2D eigenvalue weighted by molar-refractivity contribution is 6.06. The average molecular weight is 408 g/mol. The number of hydrogen-bond donors (Lipinski definition) is 3. The zero-order chi connectivity index (χ0) is 21.2. The van der Waals surface area contributed by atoms with Crippen LogP contribution in [0.5, 0.6) is 0 Å². The molecule has 0 unspecified atom stereocenters. The van der Waals surface area contributed by atoms with E-state index in [0.717, 1.165) is 16.6 Å². The number of H-pyrrole nitrogens is 2. The van der Waals surface area contributed by atoms with Gasteiger partial charge in [0.25, 0.3) is 5.91 Å². The van der Waals surface area contributed by atoms with Crippen LogP contribution in [0.2, 0.25) is 0 Å². The van der Waals surface area contributed by atoms with Crippen molar-refractivity contribution in [3.05, 3.63) is 112 Å². The van der Waals surface area contributed by atoms with Crippen LogP contribution >= 0.6 is 0 Å². The first kappa shape index (κ1) is 18.8. The van der Waals surface area contributed by atoms with E-state index >= 15 is 0 Å². The highest BCUT2D eigenvalue weighted by Crippen LogP contribution is 2.22. The van der Waals surface area contributed by atoms with Crippen molar-refractivity contribution in [2.75, 3.05) is 0 Å².